The number of hydrogen-bond donors (Lipinski definition) is 0. The van der Waals surface area contributed by atoms with Gasteiger partial charge < -0.3 is 16.4 Å². The molecule has 0 saturated carbocycles. The predicted molar refractivity (Wildman–Crippen MR) is 10.8 cm³/mol. The molecule has 0 aromatic rings. The van der Waals surface area contributed by atoms with E-state index in [4.69, 9.17) is 0 Å². The first-order valence-electron chi connectivity index (χ1n) is 0. The summed E-state index contributed by atoms with van der Waals surface area (Å²) in [6.45, 7) is 0. The van der Waals surface area contributed by atoms with Crippen LogP contribution >= 0.6 is 0 Å². The third-order valence-corrected chi connectivity index (χ3v) is 0. The Morgan fingerprint density at radius 3 is 0.500 bits per heavy atom. The molecular weight excluding hydrogens is 100.0 g/mol. The van der Waals surface area contributed by atoms with Gasteiger partial charge in [0, 0.05) is 17.4 Å². The quantitative estimate of drug-likeness (QED) is 0.327. The predicted octanol–water partition coefficient (Wildman–Crippen LogP) is -2.48. The molecule has 30 valence electrons. The van der Waals surface area contributed by atoms with Gasteiger partial charge in [-0.15, -0.1) is 0 Å². The van der Waals surface area contributed by atoms with Crippen LogP contribution in [0.25, 0.3) is 0 Å². The van der Waals surface area contributed by atoms with Crippen LogP contribution in [-0.4, -0.2) is 16.4 Å². The van der Waals surface area contributed by atoms with Gasteiger partial charge in [0.25, 0.3) is 0 Å². The van der Waals surface area contributed by atoms with Crippen molar-refractivity contribution >= 4 is 0 Å². The second-order valence-corrected chi connectivity index (χ2v) is 0. The summed E-state index contributed by atoms with van der Waals surface area (Å²) >= 11 is 0. The third-order valence-electron chi connectivity index (χ3n) is 0. The number of hydrogen-bond acceptors (Lipinski definition) is 0. The van der Waals surface area contributed by atoms with Crippen molar-refractivity contribution in [3.8, 4) is 0 Å². The monoisotopic (exact) mass is 106 g/mol. The summed E-state index contributed by atoms with van der Waals surface area (Å²) in [4.78, 5) is 0. The van der Waals surface area contributed by atoms with E-state index >= 15 is 0 Å². The Morgan fingerprint density at radius 2 is 0.500 bits per heavy atom. The van der Waals surface area contributed by atoms with Crippen molar-refractivity contribution in [2.75, 3.05) is 0 Å². The molecule has 0 spiro atoms. The molecule has 0 aliphatic carbocycles. The largest absolute Gasteiger partial charge is 0.412 e. The van der Waals surface area contributed by atoms with E-state index in [9.17, 15) is 0 Å². The molecule has 0 atom stereocenters. The molecule has 0 aromatic carbocycles. The summed E-state index contributed by atoms with van der Waals surface area (Å²) < 4.78 is 0. The van der Waals surface area contributed by atoms with E-state index in [0.717, 1.165) is 0 Å². The molecule has 0 aromatic heterocycles. The average Bonchev–Trinajstić information content (AvgIpc) is 0. The molecule has 0 saturated heterocycles. The standard InChI is InChI=1S/Cr.3H2O/h;3*1H2. The van der Waals surface area contributed by atoms with Gasteiger partial charge in [0.1, 0.15) is 0 Å². The Morgan fingerprint density at radius 1 is 0.500 bits per heavy atom. The van der Waals surface area contributed by atoms with Gasteiger partial charge in [-0.25, -0.2) is 0 Å². The zero-order chi connectivity index (χ0) is 0. The van der Waals surface area contributed by atoms with E-state index in [2.05, 4.69) is 0 Å². The third kappa shape index (κ3) is 28.3. The molecule has 0 fully saturated rings. The molecule has 0 radical (unpaired) electrons. The summed E-state index contributed by atoms with van der Waals surface area (Å²) in [5.41, 5.74) is 0. The van der Waals surface area contributed by atoms with E-state index in [-0.39, 0.29) is 33.8 Å². The second-order valence-electron chi connectivity index (χ2n) is 0. The van der Waals surface area contributed by atoms with Crippen molar-refractivity contribution < 1.29 is 33.8 Å². The minimum absolute atomic E-state index is 0. The summed E-state index contributed by atoms with van der Waals surface area (Å²) in [6, 6.07) is 0. The summed E-state index contributed by atoms with van der Waals surface area (Å²) in [5.74, 6) is 0. The van der Waals surface area contributed by atoms with Gasteiger partial charge in [0.15, 0.2) is 0 Å². The van der Waals surface area contributed by atoms with Crippen molar-refractivity contribution in [3.63, 3.8) is 0 Å². The zero-order valence-corrected chi connectivity index (χ0v) is 3.18. The van der Waals surface area contributed by atoms with Crippen LogP contribution in [0.15, 0.2) is 0 Å². The molecular formula is H6CrO3. The van der Waals surface area contributed by atoms with Gasteiger partial charge in [0.05, 0.1) is 0 Å². The summed E-state index contributed by atoms with van der Waals surface area (Å²) in [6.07, 6.45) is 0. The van der Waals surface area contributed by atoms with Gasteiger partial charge in [-0.2, -0.15) is 0 Å². The van der Waals surface area contributed by atoms with Crippen LogP contribution in [0.2, 0.25) is 0 Å². The minimum atomic E-state index is 0. The fraction of sp³-hybridized carbons (Fsp3) is 0. The maximum Gasteiger partial charge on any atom is 0 e. The molecule has 6 N–H and O–H groups in total. The summed E-state index contributed by atoms with van der Waals surface area (Å²) in [5, 5.41) is 0. The van der Waals surface area contributed by atoms with Gasteiger partial charge >= 0.3 is 0 Å². The van der Waals surface area contributed by atoms with Gasteiger partial charge in [-0.1, -0.05) is 0 Å². The maximum atomic E-state index is 0. The van der Waals surface area contributed by atoms with Crippen LogP contribution in [-0.2, 0) is 17.4 Å². The molecule has 0 heterocycles. The smallest absolute Gasteiger partial charge is 0 e. The molecule has 0 amide bonds. The SMILES string of the molecule is O.O.O.[Cr]. The fourth-order valence-electron chi connectivity index (χ4n) is 0. The van der Waals surface area contributed by atoms with Gasteiger partial charge in [0.2, 0.25) is 0 Å². The Bertz CT molecular complexity index is 3.25. The van der Waals surface area contributed by atoms with Gasteiger partial charge in [-0.05, 0) is 0 Å². The Balaban J connectivity index is 0. The van der Waals surface area contributed by atoms with E-state index < -0.39 is 0 Å². The first kappa shape index (κ1) is 302. The van der Waals surface area contributed by atoms with Crippen molar-refractivity contribution in [2.24, 2.45) is 0 Å². The summed E-state index contributed by atoms with van der Waals surface area (Å²) in [7, 11) is 0. The molecule has 3 nitrogen and oxygen atoms in total. The van der Waals surface area contributed by atoms with Crippen molar-refractivity contribution in [2.45, 2.75) is 0 Å². The van der Waals surface area contributed by atoms with Crippen molar-refractivity contribution in [1.82, 2.24) is 0 Å². The van der Waals surface area contributed by atoms with E-state index in [1.807, 2.05) is 0 Å². The van der Waals surface area contributed by atoms with Crippen LogP contribution < -0.4 is 0 Å². The van der Waals surface area contributed by atoms with E-state index in [0.29, 0.717) is 0 Å². The second kappa shape index (κ2) is 117. The van der Waals surface area contributed by atoms with Crippen LogP contribution in [0, 0.1) is 0 Å². The number of rotatable bonds is 0. The maximum absolute atomic E-state index is 0. The molecule has 4 heteroatoms. The normalized spacial score (nSPS) is 0. The molecule has 4 heavy (non-hydrogen) atoms. The topological polar surface area (TPSA) is 94.5 Å². The molecule has 0 bridgehead atoms. The van der Waals surface area contributed by atoms with E-state index in [1.54, 1.807) is 0 Å². The van der Waals surface area contributed by atoms with Gasteiger partial charge in [-0.3, -0.25) is 0 Å². The van der Waals surface area contributed by atoms with Crippen LogP contribution in [0.4, 0.5) is 0 Å². The van der Waals surface area contributed by atoms with Crippen LogP contribution in [0.5, 0.6) is 0 Å². The first-order chi connectivity index (χ1) is 0. The van der Waals surface area contributed by atoms with E-state index in [1.165, 1.54) is 0 Å². The average molecular weight is 106 g/mol. The van der Waals surface area contributed by atoms with Crippen LogP contribution in [0.1, 0.15) is 0 Å². The Labute approximate surface area is 34.7 Å². The van der Waals surface area contributed by atoms with Crippen molar-refractivity contribution in [1.29, 1.82) is 0 Å². The zero-order valence-electron chi connectivity index (χ0n) is 1.91. The Hall–Kier alpha value is 0.412. The van der Waals surface area contributed by atoms with Crippen LogP contribution in [0.3, 0.4) is 0 Å². The molecule has 0 rings (SSSR count). The molecule has 0 aliphatic rings. The first-order valence-corrected chi connectivity index (χ1v) is 0. The Kier molecular flexibility index (Phi) is 8810. The fourth-order valence-corrected chi connectivity index (χ4v) is 0. The molecule has 0 unspecified atom stereocenters. The molecule has 0 aliphatic heterocycles. The minimum Gasteiger partial charge on any atom is -0.412 e. The van der Waals surface area contributed by atoms with Crippen molar-refractivity contribution in [3.05, 3.63) is 0 Å².